The van der Waals surface area contributed by atoms with Gasteiger partial charge in [0.05, 0.1) is 11.1 Å². The first kappa shape index (κ1) is 54.3. The average molecular weight is 1010 g/mol. The van der Waals surface area contributed by atoms with Crippen LogP contribution in [-0.4, -0.2) is 37.8 Å². The lowest BCUT2D eigenvalue weighted by Crippen LogP contribution is -2.23. The Bertz CT molecular complexity index is 2050. The lowest BCUT2D eigenvalue weighted by molar-refractivity contribution is -0.140. The maximum Gasteiger partial charge on any atom is 0.697 e. The molecule has 0 amide bonds. The Hall–Kier alpha value is -3.04. The molecule has 2 aliphatic carbocycles. The van der Waals surface area contributed by atoms with Crippen LogP contribution in [0.4, 0.5) is 35.1 Å². The Morgan fingerprint density at radius 1 is 0.544 bits per heavy atom. The van der Waals surface area contributed by atoms with Crippen molar-refractivity contribution < 1.29 is 48.7 Å². The molecular weight excluding hydrogens is 948 g/mol. The molecule has 4 aromatic rings. The van der Waals surface area contributed by atoms with Crippen molar-refractivity contribution >= 4 is 31.8 Å². The summed E-state index contributed by atoms with van der Waals surface area (Å²) < 4.78 is 137. The van der Waals surface area contributed by atoms with E-state index in [4.69, 9.17) is 9.05 Å². The van der Waals surface area contributed by atoms with Crippen LogP contribution in [0.5, 0.6) is 0 Å². The molecule has 5 nitrogen and oxygen atoms in total. The van der Waals surface area contributed by atoms with Gasteiger partial charge in [0.2, 0.25) is 0 Å². The van der Waals surface area contributed by atoms with Gasteiger partial charge < -0.3 is 10.6 Å². The Morgan fingerprint density at radius 3 is 1.32 bits per heavy atom. The molecule has 0 heterocycles. The third-order valence-corrected chi connectivity index (χ3v) is 16.5. The third kappa shape index (κ3) is 16.0. The van der Waals surface area contributed by atoms with Crippen molar-refractivity contribution in [1.82, 2.24) is 10.6 Å². The van der Waals surface area contributed by atoms with Gasteiger partial charge in [-0.3, -0.25) is 0 Å². The van der Waals surface area contributed by atoms with E-state index >= 15 is 0 Å². The van der Waals surface area contributed by atoms with E-state index in [1.807, 2.05) is 24.3 Å². The minimum absolute atomic E-state index is 0.108. The van der Waals surface area contributed by atoms with Gasteiger partial charge in [-0.2, -0.15) is 26.3 Å². The molecule has 0 aromatic heterocycles. The van der Waals surface area contributed by atoms with Crippen LogP contribution in [0.15, 0.2) is 94.7 Å². The van der Waals surface area contributed by atoms with Crippen LogP contribution in [0.3, 0.4) is 0 Å². The highest BCUT2D eigenvalue weighted by molar-refractivity contribution is 7.99. The van der Waals surface area contributed by atoms with E-state index in [1.54, 1.807) is 24.3 Å². The van der Waals surface area contributed by atoms with Crippen LogP contribution in [-0.2, 0) is 49.9 Å². The normalized spacial score (nSPS) is 15.9. The van der Waals surface area contributed by atoms with E-state index in [2.05, 4.69) is 10.6 Å². The molecule has 2 aliphatic rings. The smallest absolute Gasteiger partial charge is 0.313 e. The Labute approximate surface area is 406 Å². The summed E-state index contributed by atoms with van der Waals surface area (Å²) in [6, 6.07) is 22.7. The number of alkyl halides is 6. The number of nitrogens with one attached hydrogen (secondary N) is 2. The first-order valence-corrected chi connectivity index (χ1v) is 27.1. The molecule has 0 aliphatic heterocycles. The zero-order chi connectivity index (χ0) is 48.5. The fraction of sp³-hybridized carbons (Fsp3) is 0.538. The third-order valence-electron chi connectivity index (χ3n) is 13.4. The second-order valence-corrected chi connectivity index (χ2v) is 21.4. The topological polar surface area (TPSA) is 59.6 Å². The summed E-state index contributed by atoms with van der Waals surface area (Å²) in [6.45, 7) is 1.46. The van der Waals surface area contributed by atoms with Crippen molar-refractivity contribution in [3.63, 3.8) is 0 Å². The Balaban J connectivity index is 0.816. The summed E-state index contributed by atoms with van der Waals surface area (Å²) in [6.07, 6.45) is 4.56. The van der Waals surface area contributed by atoms with Gasteiger partial charge in [-0.25, -0.2) is 8.78 Å². The molecule has 372 valence electrons. The van der Waals surface area contributed by atoms with E-state index in [-0.39, 0.29) is 58.6 Å². The van der Waals surface area contributed by atoms with Crippen molar-refractivity contribution in [2.45, 2.75) is 149 Å². The summed E-state index contributed by atoms with van der Waals surface area (Å²) in [4.78, 5) is 0.377. The molecule has 2 fully saturated rings. The van der Waals surface area contributed by atoms with Crippen molar-refractivity contribution in [1.29, 1.82) is 0 Å². The quantitative estimate of drug-likeness (QED) is 0.0254. The fourth-order valence-electron chi connectivity index (χ4n) is 9.93. The Morgan fingerprint density at radius 2 is 0.941 bits per heavy atom. The molecule has 68 heavy (non-hydrogen) atoms. The van der Waals surface area contributed by atoms with Gasteiger partial charge in [-0.1, -0.05) is 87.1 Å². The second-order valence-electron chi connectivity index (χ2n) is 18.2. The first-order chi connectivity index (χ1) is 32.7. The minimum Gasteiger partial charge on any atom is -0.313 e. The highest BCUT2D eigenvalue weighted by Gasteiger charge is 2.39. The molecule has 0 bridgehead atoms. The summed E-state index contributed by atoms with van der Waals surface area (Å²) in [5.74, 6) is 0.710. The Kier molecular flexibility index (Phi) is 21.1. The van der Waals surface area contributed by atoms with Gasteiger partial charge in [-0.15, -0.1) is 32.6 Å². The van der Waals surface area contributed by atoms with Gasteiger partial charge >= 0.3 is 20.6 Å². The summed E-state index contributed by atoms with van der Waals surface area (Å²) >= 11 is 2.40. The standard InChI is InChI=1S/C52H64F8N2O3PS2/c53-45-17-3-1-15-41(45)49(23-5-6-24-49)27-9-11-33-67-47-21-19-39(35-43(47)51(55,56)57)37-61-29-13-31-64-66(63)65-32-14-30-62-38-40-20-22-48(44(36-40)52(58,59)60)68-34-12-10-28-50(25-7-8-26-50)42-16-2-4-18-46(42)54/h1-4,15-22,35-36,61-62H,5-14,23-34,37-38H2/q+1. The van der Waals surface area contributed by atoms with Gasteiger partial charge in [0, 0.05) is 27.4 Å². The highest BCUT2D eigenvalue weighted by atomic mass is 32.2. The average Bonchev–Trinajstić information content (AvgIpc) is 4.00. The van der Waals surface area contributed by atoms with Gasteiger partial charge in [0.25, 0.3) is 0 Å². The zero-order valence-corrected chi connectivity index (χ0v) is 41.1. The molecule has 4 aromatic carbocycles. The van der Waals surface area contributed by atoms with Crippen LogP contribution in [0.1, 0.15) is 136 Å². The molecule has 0 radical (unpaired) electrons. The number of rotatable bonds is 28. The van der Waals surface area contributed by atoms with Crippen molar-refractivity contribution in [3.8, 4) is 0 Å². The lowest BCUT2D eigenvalue weighted by Gasteiger charge is -2.30. The zero-order valence-electron chi connectivity index (χ0n) is 38.6. The maximum atomic E-state index is 14.7. The van der Waals surface area contributed by atoms with Crippen LogP contribution >= 0.6 is 31.8 Å². The first-order valence-electron chi connectivity index (χ1n) is 24.0. The van der Waals surface area contributed by atoms with Crippen molar-refractivity contribution in [2.75, 3.05) is 37.8 Å². The number of benzene rings is 4. The number of thioether (sulfide) groups is 2. The molecule has 6 rings (SSSR count). The summed E-state index contributed by atoms with van der Waals surface area (Å²) in [5, 5.41) is 6.21. The molecular formula is C52H64F8N2O3PS2+. The highest BCUT2D eigenvalue weighted by Crippen LogP contribution is 2.48. The van der Waals surface area contributed by atoms with Crippen LogP contribution in [0, 0.1) is 11.6 Å². The van der Waals surface area contributed by atoms with E-state index in [0.29, 0.717) is 48.6 Å². The van der Waals surface area contributed by atoms with Crippen LogP contribution in [0.25, 0.3) is 0 Å². The molecule has 0 saturated heterocycles. The number of hydrogen-bond donors (Lipinski definition) is 2. The number of hydrogen-bond acceptors (Lipinski definition) is 7. The monoisotopic (exact) mass is 1010 g/mol. The molecule has 0 unspecified atom stereocenters. The molecule has 0 spiro atoms. The fourth-order valence-corrected chi connectivity index (χ4v) is 12.7. The lowest BCUT2D eigenvalue weighted by atomic mass is 9.75. The van der Waals surface area contributed by atoms with E-state index in [0.717, 1.165) is 101 Å². The van der Waals surface area contributed by atoms with E-state index < -0.39 is 31.7 Å². The molecule has 16 heteroatoms. The minimum atomic E-state index is -4.51. The van der Waals surface area contributed by atoms with E-state index in [1.165, 1.54) is 59.9 Å². The number of halogens is 8. The van der Waals surface area contributed by atoms with Gasteiger partial charge in [-0.05, 0) is 158 Å². The molecule has 2 N–H and O–H groups in total. The largest absolute Gasteiger partial charge is 0.697 e. The van der Waals surface area contributed by atoms with Crippen molar-refractivity contribution in [2.24, 2.45) is 0 Å². The van der Waals surface area contributed by atoms with Crippen molar-refractivity contribution in [3.05, 3.63) is 130 Å². The van der Waals surface area contributed by atoms with E-state index in [9.17, 15) is 39.7 Å². The SMILES string of the molecule is O=[P+](OCCCNCc1ccc(SCCCCC2(c3ccccc3F)CCCC2)c(C(F)(F)F)c1)OCCCNCc1ccc(SCCCCC2(c3ccccc3F)CCCC2)c(C(F)(F)F)c1. The molecule has 2 saturated carbocycles. The predicted octanol–water partition coefficient (Wildman–Crippen LogP) is 15.9. The summed E-state index contributed by atoms with van der Waals surface area (Å²) in [5.41, 5.74) is 0.807. The van der Waals surface area contributed by atoms with Crippen LogP contribution in [0.2, 0.25) is 0 Å². The number of unbranched alkanes of at least 4 members (excludes halogenated alkanes) is 2. The van der Waals surface area contributed by atoms with Gasteiger partial charge in [0.1, 0.15) is 24.8 Å². The maximum absolute atomic E-state index is 14.7. The molecule has 0 atom stereocenters. The van der Waals surface area contributed by atoms with Gasteiger partial charge in [0.15, 0.2) is 0 Å². The predicted molar refractivity (Wildman–Crippen MR) is 257 cm³/mol. The second kappa shape index (κ2) is 26.4. The van der Waals surface area contributed by atoms with Crippen LogP contribution < -0.4 is 10.6 Å². The summed E-state index contributed by atoms with van der Waals surface area (Å²) in [7, 11) is -2.39.